The van der Waals surface area contributed by atoms with Gasteiger partial charge < -0.3 is 30.2 Å². The van der Waals surface area contributed by atoms with Crippen LogP contribution in [0, 0.1) is 0 Å². The van der Waals surface area contributed by atoms with E-state index < -0.39 is 5.60 Å². The minimum absolute atomic E-state index is 0.0781. The summed E-state index contributed by atoms with van der Waals surface area (Å²) in [7, 11) is 0. The number of likely N-dealkylation sites (tertiary alicyclic amines) is 1. The molecular formula is C23H30N8O3. The zero-order valence-corrected chi connectivity index (χ0v) is 19.4. The van der Waals surface area contributed by atoms with E-state index in [2.05, 4.69) is 31.6 Å². The molecular weight excluding hydrogens is 436 g/mol. The Hall–Kier alpha value is -2.89. The molecule has 3 fully saturated rings. The third-order valence-electron chi connectivity index (χ3n) is 7.77. The highest BCUT2D eigenvalue weighted by Gasteiger charge is 2.59. The molecule has 3 atom stereocenters. The summed E-state index contributed by atoms with van der Waals surface area (Å²) >= 11 is 0. The minimum atomic E-state index is -1.18. The number of rotatable bonds is 5. The molecule has 2 aromatic rings. The smallest absolute Gasteiger partial charge is 0.228 e. The SMILES string of the molecule is C[C@]1(N2CCc3c(-c4cnc(N)nc4)nc(N4CCOCC4)nc32)CCN(C2CC2(O)C=O)C1. The van der Waals surface area contributed by atoms with Crippen LogP contribution < -0.4 is 15.5 Å². The van der Waals surface area contributed by atoms with Crippen LogP contribution >= 0.6 is 0 Å². The van der Waals surface area contributed by atoms with Crippen molar-refractivity contribution in [1.82, 2.24) is 24.8 Å². The molecule has 4 aliphatic rings. The van der Waals surface area contributed by atoms with E-state index in [0.29, 0.717) is 31.9 Å². The van der Waals surface area contributed by atoms with Gasteiger partial charge in [0.05, 0.1) is 24.4 Å². The monoisotopic (exact) mass is 466 g/mol. The van der Waals surface area contributed by atoms with Gasteiger partial charge in [0, 0.05) is 68.7 Å². The summed E-state index contributed by atoms with van der Waals surface area (Å²) in [5, 5.41) is 10.3. The Balaban J connectivity index is 1.36. The first kappa shape index (κ1) is 21.6. The van der Waals surface area contributed by atoms with Gasteiger partial charge in [-0.25, -0.2) is 15.0 Å². The number of fused-ring (bicyclic) bond motifs is 1. The molecule has 0 spiro atoms. The van der Waals surface area contributed by atoms with Crippen LogP contribution in [0.2, 0.25) is 0 Å². The standard InChI is InChI=1S/C23H30N8O3/c1-22(3-5-30(13-22)17-10-23(17,33)14-32)31-4-2-16-18(15-11-25-20(24)26-12-15)27-21(28-19(16)31)29-6-8-34-9-7-29/h11-12,14,17,33H,2-10,13H2,1H3,(H2,24,25,26)/t17?,22-,23?/m0/s1. The number of hydrogen-bond donors (Lipinski definition) is 2. The van der Waals surface area contributed by atoms with Crippen LogP contribution in [0.25, 0.3) is 11.3 Å². The fourth-order valence-corrected chi connectivity index (χ4v) is 5.66. The van der Waals surface area contributed by atoms with E-state index in [1.807, 2.05) is 0 Å². The van der Waals surface area contributed by atoms with Gasteiger partial charge in [0.25, 0.3) is 0 Å². The molecule has 11 nitrogen and oxygen atoms in total. The van der Waals surface area contributed by atoms with Crippen LogP contribution in [0.3, 0.4) is 0 Å². The highest BCUT2D eigenvalue weighted by molar-refractivity contribution is 5.73. The number of nitrogens with two attached hydrogens (primary N) is 1. The summed E-state index contributed by atoms with van der Waals surface area (Å²) in [6.45, 7) is 7.52. The lowest BCUT2D eigenvalue weighted by atomic mass is 9.99. The Labute approximate surface area is 198 Å². The third-order valence-corrected chi connectivity index (χ3v) is 7.77. The first-order valence-corrected chi connectivity index (χ1v) is 11.9. The first-order chi connectivity index (χ1) is 16.4. The van der Waals surface area contributed by atoms with Gasteiger partial charge in [-0.3, -0.25) is 4.90 Å². The minimum Gasteiger partial charge on any atom is -0.381 e. The van der Waals surface area contributed by atoms with E-state index in [0.717, 1.165) is 68.2 Å². The molecule has 1 saturated carbocycles. The van der Waals surface area contributed by atoms with Crippen molar-refractivity contribution in [3.63, 3.8) is 0 Å². The summed E-state index contributed by atoms with van der Waals surface area (Å²) in [6.07, 6.45) is 6.44. The van der Waals surface area contributed by atoms with Crippen LogP contribution in [0.5, 0.6) is 0 Å². The lowest BCUT2D eigenvalue weighted by Crippen LogP contribution is -2.49. The average Bonchev–Trinajstić information content (AvgIpc) is 3.17. The van der Waals surface area contributed by atoms with Crippen molar-refractivity contribution in [3.8, 4) is 11.3 Å². The number of carbonyl (C=O) groups is 1. The molecule has 180 valence electrons. The number of carbonyl (C=O) groups excluding carboxylic acids is 1. The van der Waals surface area contributed by atoms with E-state index in [1.165, 1.54) is 0 Å². The quantitative estimate of drug-likeness (QED) is 0.571. The van der Waals surface area contributed by atoms with Crippen molar-refractivity contribution in [1.29, 1.82) is 0 Å². The zero-order chi connectivity index (χ0) is 23.5. The number of hydrogen-bond acceptors (Lipinski definition) is 11. The molecule has 3 aliphatic heterocycles. The molecule has 5 heterocycles. The molecule has 3 N–H and O–H groups in total. The molecule has 2 saturated heterocycles. The fraction of sp³-hybridized carbons (Fsp3) is 0.609. The molecule has 11 heteroatoms. The number of nitrogen functional groups attached to an aromatic ring is 1. The van der Waals surface area contributed by atoms with Crippen molar-refractivity contribution >= 4 is 24.0 Å². The van der Waals surface area contributed by atoms with E-state index in [9.17, 15) is 9.90 Å². The number of ether oxygens (including phenoxy) is 1. The maximum Gasteiger partial charge on any atom is 0.228 e. The molecule has 2 aromatic heterocycles. The van der Waals surface area contributed by atoms with Gasteiger partial charge >= 0.3 is 0 Å². The van der Waals surface area contributed by atoms with Crippen LogP contribution in [0.15, 0.2) is 12.4 Å². The zero-order valence-electron chi connectivity index (χ0n) is 19.4. The van der Waals surface area contributed by atoms with Crippen LogP contribution in [-0.2, 0) is 16.0 Å². The summed E-state index contributed by atoms with van der Waals surface area (Å²) in [5.41, 5.74) is 7.18. The topological polar surface area (TPSA) is 134 Å². The predicted molar refractivity (Wildman–Crippen MR) is 126 cm³/mol. The van der Waals surface area contributed by atoms with Gasteiger partial charge in [-0.2, -0.15) is 4.98 Å². The maximum absolute atomic E-state index is 11.3. The van der Waals surface area contributed by atoms with Crippen molar-refractivity contribution < 1.29 is 14.6 Å². The predicted octanol–water partition coefficient (Wildman–Crippen LogP) is -0.118. The summed E-state index contributed by atoms with van der Waals surface area (Å²) in [6, 6.07) is -0.0781. The Morgan fingerprint density at radius 2 is 1.94 bits per heavy atom. The van der Waals surface area contributed by atoms with Crippen LogP contribution in [0.1, 0.15) is 25.3 Å². The van der Waals surface area contributed by atoms with Gasteiger partial charge in [-0.05, 0) is 19.8 Å². The molecule has 2 unspecified atom stereocenters. The van der Waals surface area contributed by atoms with Gasteiger partial charge in [-0.15, -0.1) is 0 Å². The highest BCUT2D eigenvalue weighted by Crippen LogP contribution is 2.46. The average molecular weight is 467 g/mol. The Kier molecular flexibility index (Phi) is 4.98. The van der Waals surface area contributed by atoms with Gasteiger partial charge in [0.1, 0.15) is 11.4 Å². The second kappa shape index (κ2) is 7.82. The van der Waals surface area contributed by atoms with Gasteiger partial charge in [-0.1, -0.05) is 0 Å². The Morgan fingerprint density at radius 1 is 1.18 bits per heavy atom. The van der Waals surface area contributed by atoms with E-state index in [-0.39, 0.29) is 17.5 Å². The van der Waals surface area contributed by atoms with Crippen molar-refractivity contribution in [3.05, 3.63) is 18.0 Å². The molecule has 0 aromatic carbocycles. The van der Waals surface area contributed by atoms with Crippen molar-refractivity contribution in [2.75, 3.05) is 61.5 Å². The molecule has 0 radical (unpaired) electrons. The first-order valence-electron chi connectivity index (χ1n) is 11.9. The van der Waals surface area contributed by atoms with Crippen LogP contribution in [0.4, 0.5) is 17.7 Å². The van der Waals surface area contributed by atoms with E-state index >= 15 is 0 Å². The second-order valence-electron chi connectivity index (χ2n) is 10.1. The summed E-state index contributed by atoms with van der Waals surface area (Å²) in [5.74, 6) is 1.88. The van der Waals surface area contributed by atoms with Crippen LogP contribution in [-0.4, -0.2) is 99.3 Å². The summed E-state index contributed by atoms with van der Waals surface area (Å²) < 4.78 is 5.53. The third kappa shape index (κ3) is 3.50. The van der Waals surface area contributed by atoms with Crippen molar-refractivity contribution in [2.24, 2.45) is 0 Å². The van der Waals surface area contributed by atoms with E-state index in [1.54, 1.807) is 12.4 Å². The molecule has 6 rings (SSSR count). The van der Waals surface area contributed by atoms with E-state index in [4.69, 9.17) is 20.4 Å². The Bertz CT molecular complexity index is 1110. The van der Waals surface area contributed by atoms with Gasteiger partial charge in [0.2, 0.25) is 11.9 Å². The number of anilines is 3. The normalized spacial score (nSPS) is 31.1. The molecule has 34 heavy (non-hydrogen) atoms. The second-order valence-corrected chi connectivity index (χ2v) is 10.1. The highest BCUT2D eigenvalue weighted by atomic mass is 16.5. The lowest BCUT2D eigenvalue weighted by Gasteiger charge is -2.37. The van der Waals surface area contributed by atoms with Gasteiger partial charge in [0.15, 0.2) is 6.29 Å². The lowest BCUT2D eigenvalue weighted by molar-refractivity contribution is -0.117. The fourth-order valence-electron chi connectivity index (χ4n) is 5.66. The summed E-state index contributed by atoms with van der Waals surface area (Å²) in [4.78, 5) is 36.5. The number of aldehydes is 1. The molecule has 1 aliphatic carbocycles. The molecule has 0 amide bonds. The molecule has 0 bridgehead atoms. The number of morpholine rings is 1. The Morgan fingerprint density at radius 3 is 2.65 bits per heavy atom. The largest absolute Gasteiger partial charge is 0.381 e. The van der Waals surface area contributed by atoms with Crippen molar-refractivity contribution in [2.45, 2.75) is 43.4 Å². The number of aliphatic hydroxyl groups is 1. The number of nitrogens with zero attached hydrogens (tertiary/aromatic N) is 7. The number of aromatic nitrogens is 4. The maximum atomic E-state index is 11.3.